The highest BCUT2D eigenvalue weighted by Crippen LogP contribution is 2.39. The van der Waals surface area contributed by atoms with Crippen LogP contribution in [-0.2, 0) is 0 Å². The molecule has 3 rings (SSSR count). The quantitative estimate of drug-likeness (QED) is 0.909. The number of nitrogens with two attached hydrogens (primary N) is 1. The second-order valence-corrected chi connectivity index (χ2v) is 5.06. The average Bonchev–Trinajstić information content (AvgIpc) is 3.31. The van der Waals surface area contributed by atoms with Crippen molar-refractivity contribution in [3.05, 3.63) is 53.9 Å². The van der Waals surface area contributed by atoms with Gasteiger partial charge in [-0.05, 0) is 48.1 Å². The molecule has 1 aromatic heterocycles. The maximum atomic E-state index is 8.81. The van der Waals surface area contributed by atoms with Crippen molar-refractivity contribution in [1.29, 1.82) is 5.26 Å². The van der Waals surface area contributed by atoms with Gasteiger partial charge in [-0.3, -0.25) is 4.98 Å². The van der Waals surface area contributed by atoms with E-state index in [0.29, 0.717) is 11.5 Å². The lowest BCUT2D eigenvalue weighted by Crippen LogP contribution is -2.12. The number of hydrogen-bond acceptors (Lipinski definition) is 3. The number of nitrogens with zero attached hydrogens (tertiary/aromatic N) is 2. The zero-order chi connectivity index (χ0) is 13.2. The SMILES string of the molecule is N#Cc1ccc(-c2cncc(C(N)C3CC3)c2)cc1. The van der Waals surface area contributed by atoms with Crippen LogP contribution in [0.2, 0.25) is 0 Å². The van der Waals surface area contributed by atoms with Gasteiger partial charge in [-0.2, -0.15) is 5.26 Å². The van der Waals surface area contributed by atoms with Gasteiger partial charge in [-0.15, -0.1) is 0 Å². The maximum Gasteiger partial charge on any atom is 0.0991 e. The van der Waals surface area contributed by atoms with E-state index in [1.54, 1.807) is 0 Å². The molecule has 0 aliphatic heterocycles. The van der Waals surface area contributed by atoms with Crippen molar-refractivity contribution in [1.82, 2.24) is 4.98 Å². The molecule has 0 amide bonds. The van der Waals surface area contributed by atoms with Crippen LogP contribution in [0, 0.1) is 17.2 Å². The fourth-order valence-electron chi connectivity index (χ4n) is 2.26. The van der Waals surface area contributed by atoms with E-state index in [1.165, 1.54) is 12.8 Å². The predicted octanol–water partition coefficient (Wildman–Crippen LogP) is 3.03. The zero-order valence-electron chi connectivity index (χ0n) is 10.6. The van der Waals surface area contributed by atoms with Crippen molar-refractivity contribution >= 4 is 0 Å². The molecule has 19 heavy (non-hydrogen) atoms. The molecule has 94 valence electrons. The third-order valence-corrected chi connectivity index (χ3v) is 3.62. The van der Waals surface area contributed by atoms with Gasteiger partial charge >= 0.3 is 0 Å². The molecule has 1 atom stereocenters. The lowest BCUT2D eigenvalue weighted by molar-refractivity contribution is 0.631. The summed E-state index contributed by atoms with van der Waals surface area (Å²) in [6.07, 6.45) is 6.14. The molecule has 3 nitrogen and oxygen atoms in total. The fraction of sp³-hybridized carbons (Fsp3) is 0.250. The molecule has 1 fully saturated rings. The molecule has 1 aromatic carbocycles. The molecule has 1 heterocycles. The van der Waals surface area contributed by atoms with E-state index in [1.807, 2.05) is 36.7 Å². The molecular weight excluding hydrogens is 234 g/mol. The van der Waals surface area contributed by atoms with Crippen molar-refractivity contribution in [2.24, 2.45) is 11.7 Å². The molecule has 0 bridgehead atoms. The summed E-state index contributed by atoms with van der Waals surface area (Å²) in [5.41, 5.74) is 10.1. The summed E-state index contributed by atoms with van der Waals surface area (Å²) in [7, 11) is 0. The number of aromatic nitrogens is 1. The molecule has 3 heteroatoms. The fourth-order valence-corrected chi connectivity index (χ4v) is 2.26. The number of benzene rings is 1. The first-order chi connectivity index (χ1) is 9.28. The summed E-state index contributed by atoms with van der Waals surface area (Å²) in [5, 5.41) is 8.81. The minimum Gasteiger partial charge on any atom is -0.324 e. The van der Waals surface area contributed by atoms with Crippen LogP contribution in [0.3, 0.4) is 0 Å². The summed E-state index contributed by atoms with van der Waals surface area (Å²) in [4.78, 5) is 4.29. The van der Waals surface area contributed by atoms with Crippen LogP contribution in [0.1, 0.15) is 30.0 Å². The van der Waals surface area contributed by atoms with Gasteiger partial charge in [-0.25, -0.2) is 0 Å². The number of nitriles is 1. The van der Waals surface area contributed by atoms with E-state index in [9.17, 15) is 0 Å². The molecule has 1 saturated carbocycles. The van der Waals surface area contributed by atoms with Gasteiger partial charge in [0.15, 0.2) is 0 Å². The lowest BCUT2D eigenvalue weighted by Gasteiger charge is -2.11. The van der Waals surface area contributed by atoms with E-state index in [0.717, 1.165) is 16.7 Å². The van der Waals surface area contributed by atoms with Crippen LogP contribution < -0.4 is 5.73 Å². The smallest absolute Gasteiger partial charge is 0.0991 e. The Morgan fingerprint density at radius 2 is 1.89 bits per heavy atom. The van der Waals surface area contributed by atoms with Crippen LogP contribution in [0.5, 0.6) is 0 Å². The van der Waals surface area contributed by atoms with Crippen molar-refractivity contribution in [2.45, 2.75) is 18.9 Å². The van der Waals surface area contributed by atoms with Crippen molar-refractivity contribution in [3.63, 3.8) is 0 Å². The Hall–Kier alpha value is -2.18. The molecule has 2 N–H and O–H groups in total. The lowest BCUT2D eigenvalue weighted by atomic mass is 10.00. The molecule has 0 spiro atoms. The summed E-state index contributed by atoms with van der Waals surface area (Å²) >= 11 is 0. The van der Waals surface area contributed by atoms with Gasteiger partial charge in [0, 0.05) is 24.0 Å². The first-order valence-electron chi connectivity index (χ1n) is 6.49. The first-order valence-corrected chi connectivity index (χ1v) is 6.49. The Balaban J connectivity index is 1.91. The molecular formula is C16H15N3. The van der Waals surface area contributed by atoms with Crippen LogP contribution in [0.15, 0.2) is 42.7 Å². The van der Waals surface area contributed by atoms with E-state index in [-0.39, 0.29) is 6.04 Å². The van der Waals surface area contributed by atoms with Gasteiger partial charge in [0.05, 0.1) is 11.6 Å². The standard InChI is InChI=1S/C16H15N3/c17-8-11-1-3-12(4-2-11)14-7-15(10-19-9-14)16(18)13-5-6-13/h1-4,7,9-10,13,16H,5-6,18H2. The highest BCUT2D eigenvalue weighted by molar-refractivity contribution is 5.64. The normalized spacial score (nSPS) is 15.8. The average molecular weight is 249 g/mol. The van der Waals surface area contributed by atoms with Gasteiger partial charge in [0.1, 0.15) is 0 Å². The first kappa shape index (κ1) is 11.9. The maximum absolute atomic E-state index is 8.81. The van der Waals surface area contributed by atoms with Crippen LogP contribution in [-0.4, -0.2) is 4.98 Å². The van der Waals surface area contributed by atoms with E-state index < -0.39 is 0 Å². The second-order valence-electron chi connectivity index (χ2n) is 5.06. The minimum absolute atomic E-state index is 0.103. The van der Waals surface area contributed by atoms with Gasteiger partial charge in [0.25, 0.3) is 0 Å². The Labute approximate surface area is 112 Å². The van der Waals surface area contributed by atoms with E-state index in [4.69, 9.17) is 11.0 Å². The van der Waals surface area contributed by atoms with Crippen molar-refractivity contribution in [3.8, 4) is 17.2 Å². The van der Waals surface area contributed by atoms with Crippen LogP contribution in [0.25, 0.3) is 11.1 Å². The van der Waals surface area contributed by atoms with Gasteiger partial charge in [0.2, 0.25) is 0 Å². The minimum atomic E-state index is 0.103. The molecule has 1 unspecified atom stereocenters. The van der Waals surface area contributed by atoms with E-state index in [2.05, 4.69) is 17.1 Å². The summed E-state index contributed by atoms with van der Waals surface area (Å²) in [6.45, 7) is 0. The van der Waals surface area contributed by atoms with Crippen LogP contribution >= 0.6 is 0 Å². The van der Waals surface area contributed by atoms with Crippen LogP contribution in [0.4, 0.5) is 0 Å². The topological polar surface area (TPSA) is 62.7 Å². The number of hydrogen-bond donors (Lipinski definition) is 1. The Morgan fingerprint density at radius 1 is 1.16 bits per heavy atom. The van der Waals surface area contributed by atoms with E-state index >= 15 is 0 Å². The number of rotatable bonds is 3. The zero-order valence-corrected chi connectivity index (χ0v) is 10.6. The highest BCUT2D eigenvalue weighted by Gasteiger charge is 2.29. The molecule has 2 aromatic rings. The van der Waals surface area contributed by atoms with Gasteiger partial charge in [-0.1, -0.05) is 12.1 Å². The van der Waals surface area contributed by atoms with Crippen molar-refractivity contribution in [2.75, 3.05) is 0 Å². The third-order valence-electron chi connectivity index (χ3n) is 3.62. The van der Waals surface area contributed by atoms with Crippen molar-refractivity contribution < 1.29 is 0 Å². The largest absolute Gasteiger partial charge is 0.324 e. The van der Waals surface area contributed by atoms with Gasteiger partial charge < -0.3 is 5.73 Å². The second kappa shape index (κ2) is 4.83. The molecule has 1 aliphatic rings. The summed E-state index contributed by atoms with van der Waals surface area (Å²) in [5.74, 6) is 0.623. The predicted molar refractivity (Wildman–Crippen MR) is 74.0 cm³/mol. The summed E-state index contributed by atoms with van der Waals surface area (Å²) < 4.78 is 0. The summed E-state index contributed by atoms with van der Waals surface area (Å²) in [6, 6.07) is 11.9. The Kier molecular flexibility index (Phi) is 3.02. The molecule has 0 radical (unpaired) electrons. The Bertz CT molecular complexity index is 621. The third kappa shape index (κ3) is 2.49. The monoisotopic (exact) mass is 249 g/mol. The molecule has 1 aliphatic carbocycles. The highest BCUT2D eigenvalue weighted by atomic mass is 14.7. The number of pyridine rings is 1. The molecule has 0 saturated heterocycles. The Morgan fingerprint density at radius 3 is 2.53 bits per heavy atom.